The van der Waals surface area contributed by atoms with Crippen molar-refractivity contribution >= 4 is 26.7 Å². The fourth-order valence-corrected chi connectivity index (χ4v) is 3.06. The maximum atomic E-state index is 11.7. The summed E-state index contributed by atoms with van der Waals surface area (Å²) in [6, 6.07) is 3.85. The van der Waals surface area contributed by atoms with Gasteiger partial charge in [0.1, 0.15) is 0 Å². The Kier molecular flexibility index (Phi) is 3.88. The summed E-state index contributed by atoms with van der Waals surface area (Å²) in [7, 11) is -0.774. The van der Waals surface area contributed by atoms with Crippen molar-refractivity contribution in [2.75, 3.05) is 18.8 Å². The summed E-state index contributed by atoms with van der Waals surface area (Å²) in [4.78, 5) is 4.21. The lowest BCUT2D eigenvalue weighted by Crippen LogP contribution is -2.44. The van der Waals surface area contributed by atoms with Gasteiger partial charge in [0, 0.05) is 40.3 Å². The zero-order valence-corrected chi connectivity index (χ0v) is 10.7. The number of hydrogen-bond acceptors (Lipinski definition) is 3. The first-order valence-corrected chi connectivity index (χ1v) is 7.18. The topological polar surface area (TPSA) is 42.0 Å². The van der Waals surface area contributed by atoms with Crippen molar-refractivity contribution < 1.29 is 4.21 Å². The standard InChI is InChI=1S/C10H13BrN2OS/c11-9-1-2-10(13-5-9)7-15(14)6-8-3-12-4-8/h1-2,5,8,12H,3-4,6-7H2. The van der Waals surface area contributed by atoms with Crippen LogP contribution in [-0.2, 0) is 16.6 Å². The normalized spacial score (nSPS) is 18.5. The van der Waals surface area contributed by atoms with Crippen LogP contribution in [0.1, 0.15) is 5.69 Å². The molecule has 15 heavy (non-hydrogen) atoms. The van der Waals surface area contributed by atoms with Gasteiger partial charge in [-0.2, -0.15) is 0 Å². The van der Waals surface area contributed by atoms with Crippen LogP contribution >= 0.6 is 15.9 Å². The molecule has 1 aliphatic heterocycles. The average Bonchev–Trinajstić information content (AvgIpc) is 2.16. The molecule has 1 N–H and O–H groups in total. The maximum absolute atomic E-state index is 11.7. The van der Waals surface area contributed by atoms with Gasteiger partial charge in [-0.1, -0.05) is 0 Å². The molecule has 1 aromatic heterocycles. The third-order valence-electron chi connectivity index (χ3n) is 2.39. The Morgan fingerprint density at radius 3 is 2.87 bits per heavy atom. The van der Waals surface area contributed by atoms with Crippen LogP contribution in [0.25, 0.3) is 0 Å². The van der Waals surface area contributed by atoms with Gasteiger partial charge in [0.15, 0.2) is 0 Å². The molecular formula is C10H13BrN2OS. The molecule has 0 spiro atoms. The zero-order valence-electron chi connectivity index (χ0n) is 8.28. The average molecular weight is 289 g/mol. The van der Waals surface area contributed by atoms with Crippen molar-refractivity contribution in [2.24, 2.45) is 5.92 Å². The van der Waals surface area contributed by atoms with Crippen LogP contribution in [0.3, 0.4) is 0 Å². The van der Waals surface area contributed by atoms with E-state index in [0.717, 1.165) is 29.0 Å². The van der Waals surface area contributed by atoms with E-state index in [1.165, 1.54) is 0 Å². The molecule has 1 atom stereocenters. The summed E-state index contributed by atoms with van der Waals surface area (Å²) in [5.41, 5.74) is 0.906. The summed E-state index contributed by atoms with van der Waals surface area (Å²) in [6.07, 6.45) is 1.75. The molecule has 2 heterocycles. The Bertz CT molecular complexity index is 351. The fourth-order valence-electron chi connectivity index (χ4n) is 1.44. The molecule has 2 rings (SSSR count). The van der Waals surface area contributed by atoms with E-state index >= 15 is 0 Å². The molecule has 1 saturated heterocycles. The van der Waals surface area contributed by atoms with Gasteiger partial charge in [0.25, 0.3) is 0 Å². The Labute approximate surface area is 100 Å². The minimum Gasteiger partial charge on any atom is -0.316 e. The summed E-state index contributed by atoms with van der Waals surface area (Å²) in [5.74, 6) is 1.97. The molecule has 0 aromatic carbocycles. The molecule has 1 aliphatic rings. The summed E-state index contributed by atoms with van der Waals surface area (Å²) >= 11 is 3.33. The first-order chi connectivity index (χ1) is 7.24. The minimum atomic E-state index is -0.774. The van der Waals surface area contributed by atoms with Gasteiger partial charge in [-0.05, 0) is 34.0 Å². The van der Waals surface area contributed by atoms with E-state index in [9.17, 15) is 4.21 Å². The first kappa shape index (κ1) is 11.2. The first-order valence-electron chi connectivity index (χ1n) is 4.90. The second-order valence-corrected chi connectivity index (χ2v) is 6.16. The molecular weight excluding hydrogens is 276 g/mol. The number of rotatable bonds is 4. The SMILES string of the molecule is O=S(Cc1ccc(Br)cn1)CC1CNC1. The van der Waals surface area contributed by atoms with E-state index in [2.05, 4.69) is 26.2 Å². The Hall–Kier alpha value is -0.260. The second kappa shape index (κ2) is 5.18. The number of pyridine rings is 1. The Balaban J connectivity index is 1.84. The number of aromatic nitrogens is 1. The fraction of sp³-hybridized carbons (Fsp3) is 0.500. The van der Waals surface area contributed by atoms with E-state index in [1.54, 1.807) is 6.20 Å². The quantitative estimate of drug-likeness (QED) is 0.909. The van der Waals surface area contributed by atoms with E-state index in [-0.39, 0.29) is 0 Å². The smallest absolute Gasteiger partial charge is 0.0659 e. The largest absolute Gasteiger partial charge is 0.316 e. The monoisotopic (exact) mass is 288 g/mol. The van der Waals surface area contributed by atoms with Crippen LogP contribution in [0.4, 0.5) is 0 Å². The van der Waals surface area contributed by atoms with Gasteiger partial charge in [-0.3, -0.25) is 9.19 Å². The molecule has 82 valence electrons. The molecule has 3 nitrogen and oxygen atoms in total. The molecule has 5 heteroatoms. The van der Waals surface area contributed by atoms with Gasteiger partial charge in [0.2, 0.25) is 0 Å². The summed E-state index contributed by atoms with van der Waals surface area (Å²) in [5, 5.41) is 3.18. The minimum absolute atomic E-state index is 0.573. The molecule has 0 aliphatic carbocycles. The lowest BCUT2D eigenvalue weighted by Gasteiger charge is -2.26. The van der Waals surface area contributed by atoms with Gasteiger partial charge in [0.05, 0.1) is 11.4 Å². The molecule has 0 saturated carbocycles. The molecule has 0 radical (unpaired) electrons. The molecule has 1 aromatic rings. The summed E-state index contributed by atoms with van der Waals surface area (Å²) in [6.45, 7) is 2.03. The van der Waals surface area contributed by atoms with Crippen molar-refractivity contribution in [2.45, 2.75) is 5.75 Å². The van der Waals surface area contributed by atoms with Crippen molar-refractivity contribution in [1.82, 2.24) is 10.3 Å². The highest BCUT2D eigenvalue weighted by Gasteiger charge is 2.19. The number of halogens is 1. The van der Waals surface area contributed by atoms with Gasteiger partial charge in [-0.25, -0.2) is 0 Å². The zero-order chi connectivity index (χ0) is 10.7. The van der Waals surface area contributed by atoms with Gasteiger partial charge >= 0.3 is 0 Å². The molecule has 0 bridgehead atoms. The lowest BCUT2D eigenvalue weighted by atomic mass is 10.1. The van der Waals surface area contributed by atoms with E-state index in [0.29, 0.717) is 11.7 Å². The molecule has 1 fully saturated rings. The predicted octanol–water partition coefficient (Wildman–Crippen LogP) is 1.31. The van der Waals surface area contributed by atoms with Crippen LogP contribution in [0, 0.1) is 5.92 Å². The molecule has 1 unspecified atom stereocenters. The van der Waals surface area contributed by atoms with E-state index in [4.69, 9.17) is 0 Å². The Morgan fingerprint density at radius 2 is 2.33 bits per heavy atom. The Morgan fingerprint density at radius 1 is 1.53 bits per heavy atom. The number of hydrogen-bond donors (Lipinski definition) is 1. The second-order valence-electron chi connectivity index (χ2n) is 3.74. The molecule has 0 amide bonds. The van der Waals surface area contributed by atoms with Crippen LogP contribution < -0.4 is 5.32 Å². The van der Waals surface area contributed by atoms with Crippen LogP contribution in [0.2, 0.25) is 0 Å². The lowest BCUT2D eigenvalue weighted by molar-refractivity contribution is 0.382. The van der Waals surface area contributed by atoms with Crippen molar-refractivity contribution in [1.29, 1.82) is 0 Å². The van der Waals surface area contributed by atoms with Crippen molar-refractivity contribution in [3.05, 3.63) is 28.5 Å². The predicted molar refractivity (Wildman–Crippen MR) is 65.0 cm³/mol. The highest BCUT2D eigenvalue weighted by molar-refractivity contribution is 9.10. The highest BCUT2D eigenvalue weighted by atomic mass is 79.9. The van der Waals surface area contributed by atoms with Gasteiger partial charge < -0.3 is 5.32 Å². The highest BCUT2D eigenvalue weighted by Crippen LogP contribution is 2.11. The van der Waals surface area contributed by atoms with Gasteiger partial charge in [-0.15, -0.1) is 0 Å². The van der Waals surface area contributed by atoms with Crippen LogP contribution in [0.15, 0.2) is 22.8 Å². The van der Waals surface area contributed by atoms with E-state index in [1.807, 2.05) is 12.1 Å². The summed E-state index contributed by atoms with van der Waals surface area (Å²) < 4.78 is 12.7. The third-order valence-corrected chi connectivity index (χ3v) is 4.32. The van der Waals surface area contributed by atoms with E-state index < -0.39 is 10.8 Å². The maximum Gasteiger partial charge on any atom is 0.0659 e. The number of nitrogens with one attached hydrogen (secondary N) is 1. The van der Waals surface area contributed by atoms with Crippen LogP contribution in [-0.4, -0.2) is 28.0 Å². The third kappa shape index (κ3) is 3.36. The number of nitrogens with zero attached hydrogens (tertiary/aromatic N) is 1. The van der Waals surface area contributed by atoms with Crippen LogP contribution in [0.5, 0.6) is 0 Å². The van der Waals surface area contributed by atoms with Crippen molar-refractivity contribution in [3.8, 4) is 0 Å². The van der Waals surface area contributed by atoms with Crippen molar-refractivity contribution in [3.63, 3.8) is 0 Å².